The van der Waals surface area contributed by atoms with Gasteiger partial charge in [0.2, 0.25) is 0 Å². The number of anilines is 1. The molecule has 2 heterocycles. The Kier molecular flexibility index (Phi) is 4.72. The van der Waals surface area contributed by atoms with Crippen molar-refractivity contribution >= 4 is 23.1 Å². The Morgan fingerprint density at radius 3 is 2.38 bits per heavy atom. The van der Waals surface area contributed by atoms with E-state index in [0.717, 1.165) is 11.1 Å². The number of carbonyl (C=O) groups is 2. The fraction of sp³-hybridized carbons (Fsp3) is 0.125. The average molecular weight is 384 g/mol. The second kappa shape index (κ2) is 7.36. The number of hydrogen-bond acceptors (Lipinski definition) is 4. The van der Waals surface area contributed by atoms with E-state index in [4.69, 9.17) is 0 Å². The van der Waals surface area contributed by atoms with Gasteiger partial charge in [0.25, 0.3) is 11.7 Å². The van der Waals surface area contributed by atoms with E-state index in [1.807, 2.05) is 38.1 Å². The zero-order valence-electron chi connectivity index (χ0n) is 16.2. The first-order valence-electron chi connectivity index (χ1n) is 9.33. The average Bonchev–Trinajstić information content (AvgIpc) is 3.01. The van der Waals surface area contributed by atoms with E-state index in [0.29, 0.717) is 16.9 Å². The first kappa shape index (κ1) is 18.6. The SMILES string of the molecule is Cc1ccc(C)c(N2C(=O)C(=O)/C(=C(/O)c3ccccc3)C2c2ccccn2)c1. The number of Topliss-reactive ketones (excluding diaryl/α,β-unsaturated/α-hetero) is 1. The number of aryl methyl sites for hydroxylation is 2. The summed E-state index contributed by atoms with van der Waals surface area (Å²) in [6.45, 7) is 3.82. The Labute approximate surface area is 169 Å². The normalized spacial score (nSPS) is 18.3. The van der Waals surface area contributed by atoms with Gasteiger partial charge in [-0.05, 0) is 43.2 Å². The van der Waals surface area contributed by atoms with Gasteiger partial charge in [0.05, 0.1) is 11.3 Å². The first-order chi connectivity index (χ1) is 14.0. The highest BCUT2D eigenvalue weighted by atomic mass is 16.3. The minimum absolute atomic E-state index is 0.0424. The number of aliphatic hydroxyl groups is 1. The lowest BCUT2D eigenvalue weighted by molar-refractivity contribution is -0.132. The zero-order valence-corrected chi connectivity index (χ0v) is 16.2. The van der Waals surface area contributed by atoms with E-state index >= 15 is 0 Å². The molecule has 0 spiro atoms. The Hall–Kier alpha value is -3.73. The van der Waals surface area contributed by atoms with Gasteiger partial charge < -0.3 is 5.11 Å². The molecule has 5 heteroatoms. The molecule has 1 atom stereocenters. The molecule has 1 N–H and O–H groups in total. The van der Waals surface area contributed by atoms with Crippen LogP contribution in [0.3, 0.4) is 0 Å². The Balaban J connectivity index is 1.98. The molecule has 1 amide bonds. The lowest BCUT2D eigenvalue weighted by Gasteiger charge is -2.26. The molecule has 0 radical (unpaired) electrons. The molecule has 1 saturated heterocycles. The second-order valence-electron chi connectivity index (χ2n) is 7.08. The zero-order chi connectivity index (χ0) is 20.5. The quantitative estimate of drug-likeness (QED) is 0.415. The van der Waals surface area contributed by atoms with Gasteiger partial charge in [0.15, 0.2) is 0 Å². The standard InChI is InChI=1S/C24H20N2O3/c1-15-11-12-16(2)19(14-15)26-21(18-10-6-7-13-25-18)20(23(28)24(26)29)22(27)17-8-4-3-5-9-17/h3-14,21,27H,1-2H3/b22-20+. The summed E-state index contributed by atoms with van der Waals surface area (Å²) < 4.78 is 0. The number of aromatic nitrogens is 1. The fourth-order valence-electron chi connectivity index (χ4n) is 3.63. The van der Waals surface area contributed by atoms with Gasteiger partial charge in [-0.15, -0.1) is 0 Å². The molecule has 1 aromatic heterocycles. The number of benzene rings is 2. The summed E-state index contributed by atoms with van der Waals surface area (Å²) in [5.41, 5.74) is 3.50. The number of nitrogens with zero attached hydrogens (tertiary/aromatic N) is 2. The number of ketones is 1. The minimum Gasteiger partial charge on any atom is -0.507 e. The van der Waals surface area contributed by atoms with Gasteiger partial charge in [0, 0.05) is 17.4 Å². The van der Waals surface area contributed by atoms with Crippen LogP contribution in [-0.2, 0) is 9.59 Å². The van der Waals surface area contributed by atoms with Crippen LogP contribution in [-0.4, -0.2) is 21.8 Å². The molecular formula is C24H20N2O3. The van der Waals surface area contributed by atoms with Crippen molar-refractivity contribution in [3.63, 3.8) is 0 Å². The van der Waals surface area contributed by atoms with Crippen LogP contribution >= 0.6 is 0 Å². The number of rotatable bonds is 3. The van der Waals surface area contributed by atoms with E-state index in [1.54, 1.807) is 48.7 Å². The molecule has 1 unspecified atom stereocenters. The molecule has 0 aliphatic carbocycles. The molecule has 0 saturated carbocycles. The van der Waals surface area contributed by atoms with Gasteiger partial charge in [-0.25, -0.2) is 0 Å². The lowest BCUT2D eigenvalue weighted by Crippen LogP contribution is -2.30. The Bertz CT molecular complexity index is 1120. The van der Waals surface area contributed by atoms with Crippen LogP contribution in [0, 0.1) is 13.8 Å². The number of pyridine rings is 1. The van der Waals surface area contributed by atoms with Crippen molar-refractivity contribution in [1.29, 1.82) is 0 Å². The summed E-state index contributed by atoms with van der Waals surface area (Å²) in [7, 11) is 0. The number of hydrogen-bond donors (Lipinski definition) is 1. The van der Waals surface area contributed by atoms with Gasteiger partial charge in [-0.2, -0.15) is 0 Å². The number of carbonyl (C=O) groups excluding carboxylic acids is 2. The maximum Gasteiger partial charge on any atom is 0.300 e. The highest BCUT2D eigenvalue weighted by Crippen LogP contribution is 2.42. The smallest absolute Gasteiger partial charge is 0.300 e. The van der Waals surface area contributed by atoms with E-state index in [1.165, 1.54) is 4.90 Å². The van der Waals surface area contributed by atoms with Gasteiger partial charge >= 0.3 is 0 Å². The second-order valence-corrected chi connectivity index (χ2v) is 7.08. The van der Waals surface area contributed by atoms with Crippen molar-refractivity contribution in [2.24, 2.45) is 0 Å². The molecule has 144 valence electrons. The number of aliphatic hydroxyl groups excluding tert-OH is 1. The molecule has 29 heavy (non-hydrogen) atoms. The van der Waals surface area contributed by atoms with Crippen LogP contribution in [0.25, 0.3) is 5.76 Å². The molecule has 2 aromatic carbocycles. The summed E-state index contributed by atoms with van der Waals surface area (Å²) in [5, 5.41) is 11.0. The van der Waals surface area contributed by atoms with Crippen molar-refractivity contribution < 1.29 is 14.7 Å². The summed E-state index contributed by atoms with van der Waals surface area (Å²) in [5.74, 6) is -1.60. The van der Waals surface area contributed by atoms with Crippen molar-refractivity contribution in [1.82, 2.24) is 4.98 Å². The van der Waals surface area contributed by atoms with Crippen LogP contribution in [0.5, 0.6) is 0 Å². The third kappa shape index (κ3) is 3.21. The van der Waals surface area contributed by atoms with Crippen molar-refractivity contribution in [2.45, 2.75) is 19.9 Å². The maximum absolute atomic E-state index is 13.1. The largest absolute Gasteiger partial charge is 0.507 e. The third-order valence-corrected chi connectivity index (χ3v) is 5.08. The van der Waals surface area contributed by atoms with E-state index in [2.05, 4.69) is 4.98 Å². The highest BCUT2D eigenvalue weighted by Gasteiger charge is 2.48. The minimum atomic E-state index is -0.808. The van der Waals surface area contributed by atoms with E-state index < -0.39 is 17.7 Å². The van der Waals surface area contributed by atoms with Crippen LogP contribution in [0.2, 0.25) is 0 Å². The summed E-state index contributed by atoms with van der Waals surface area (Å²) in [6.07, 6.45) is 1.61. The van der Waals surface area contributed by atoms with Gasteiger partial charge in [-0.1, -0.05) is 48.5 Å². The van der Waals surface area contributed by atoms with Gasteiger partial charge in [-0.3, -0.25) is 19.5 Å². The molecule has 4 rings (SSSR count). The van der Waals surface area contributed by atoms with Crippen molar-refractivity contribution in [2.75, 3.05) is 4.90 Å². The number of amides is 1. The van der Waals surface area contributed by atoms with E-state index in [-0.39, 0.29) is 11.3 Å². The van der Waals surface area contributed by atoms with E-state index in [9.17, 15) is 14.7 Å². The van der Waals surface area contributed by atoms with Crippen LogP contribution in [0.15, 0.2) is 78.5 Å². The predicted octanol–water partition coefficient (Wildman–Crippen LogP) is 4.32. The topological polar surface area (TPSA) is 70.5 Å². The van der Waals surface area contributed by atoms with Crippen LogP contribution in [0.4, 0.5) is 5.69 Å². The Morgan fingerprint density at radius 2 is 1.69 bits per heavy atom. The first-order valence-corrected chi connectivity index (χ1v) is 9.33. The summed E-state index contributed by atoms with van der Waals surface area (Å²) in [6, 6.07) is 19.0. The molecule has 1 fully saturated rings. The predicted molar refractivity (Wildman–Crippen MR) is 111 cm³/mol. The third-order valence-electron chi connectivity index (χ3n) is 5.08. The fourth-order valence-corrected chi connectivity index (χ4v) is 3.63. The molecule has 5 nitrogen and oxygen atoms in total. The lowest BCUT2D eigenvalue weighted by atomic mass is 9.98. The Morgan fingerprint density at radius 1 is 0.966 bits per heavy atom. The summed E-state index contributed by atoms with van der Waals surface area (Å²) in [4.78, 5) is 32.0. The highest BCUT2D eigenvalue weighted by molar-refractivity contribution is 6.51. The van der Waals surface area contributed by atoms with Crippen molar-refractivity contribution in [3.05, 3.63) is 101 Å². The molecular weight excluding hydrogens is 364 g/mol. The van der Waals surface area contributed by atoms with Crippen LogP contribution < -0.4 is 4.90 Å². The molecule has 0 bridgehead atoms. The van der Waals surface area contributed by atoms with Crippen molar-refractivity contribution in [3.8, 4) is 0 Å². The summed E-state index contributed by atoms with van der Waals surface area (Å²) >= 11 is 0. The van der Waals surface area contributed by atoms with Crippen LogP contribution in [0.1, 0.15) is 28.4 Å². The molecule has 1 aliphatic rings. The maximum atomic E-state index is 13.1. The molecule has 1 aliphatic heterocycles. The monoisotopic (exact) mass is 384 g/mol. The molecule has 3 aromatic rings. The van der Waals surface area contributed by atoms with Gasteiger partial charge in [0.1, 0.15) is 11.8 Å².